The van der Waals surface area contributed by atoms with E-state index in [-0.39, 0.29) is 0 Å². The van der Waals surface area contributed by atoms with Crippen LogP contribution in [0.1, 0.15) is 30.5 Å². The Labute approximate surface area is 125 Å². The SMILES string of the molecule is CC(Cc1ccc(O)cc1)NC1CCOc2ccccc21. The summed E-state index contributed by atoms with van der Waals surface area (Å²) in [6, 6.07) is 16.4. The number of benzene rings is 2. The average molecular weight is 283 g/mol. The molecular weight excluding hydrogens is 262 g/mol. The summed E-state index contributed by atoms with van der Waals surface area (Å²) in [5.74, 6) is 1.32. The molecule has 2 unspecified atom stereocenters. The van der Waals surface area contributed by atoms with Crippen LogP contribution in [0, 0.1) is 0 Å². The van der Waals surface area contributed by atoms with Gasteiger partial charge in [0.1, 0.15) is 11.5 Å². The Bertz CT molecular complexity index is 594. The third kappa shape index (κ3) is 3.37. The molecule has 1 heterocycles. The van der Waals surface area contributed by atoms with Crippen molar-refractivity contribution in [3.63, 3.8) is 0 Å². The summed E-state index contributed by atoms with van der Waals surface area (Å²) in [6.07, 6.45) is 1.94. The Morgan fingerprint density at radius 2 is 1.95 bits per heavy atom. The van der Waals surface area contributed by atoms with Crippen LogP contribution in [0.3, 0.4) is 0 Å². The highest BCUT2D eigenvalue weighted by molar-refractivity contribution is 5.37. The summed E-state index contributed by atoms with van der Waals surface area (Å²) in [5.41, 5.74) is 2.48. The minimum atomic E-state index is 0.317. The molecule has 1 aliphatic heterocycles. The fraction of sp³-hybridized carbons (Fsp3) is 0.333. The lowest BCUT2D eigenvalue weighted by molar-refractivity contribution is 0.245. The van der Waals surface area contributed by atoms with E-state index in [9.17, 15) is 5.11 Å². The van der Waals surface area contributed by atoms with Gasteiger partial charge in [0.2, 0.25) is 0 Å². The van der Waals surface area contributed by atoms with Gasteiger partial charge in [-0.15, -0.1) is 0 Å². The maximum atomic E-state index is 9.33. The van der Waals surface area contributed by atoms with E-state index < -0.39 is 0 Å². The summed E-state index contributed by atoms with van der Waals surface area (Å²) < 4.78 is 5.70. The van der Waals surface area contributed by atoms with Gasteiger partial charge in [0.25, 0.3) is 0 Å². The molecule has 3 rings (SSSR count). The second-order valence-electron chi connectivity index (χ2n) is 5.67. The zero-order valence-electron chi connectivity index (χ0n) is 12.3. The van der Waals surface area contributed by atoms with E-state index in [4.69, 9.17) is 4.74 Å². The van der Waals surface area contributed by atoms with Gasteiger partial charge in [-0.05, 0) is 37.1 Å². The normalized spacial score (nSPS) is 18.6. The third-order valence-electron chi connectivity index (χ3n) is 3.92. The summed E-state index contributed by atoms with van der Waals surface area (Å²) in [7, 11) is 0. The van der Waals surface area contributed by atoms with Gasteiger partial charge < -0.3 is 15.2 Å². The molecule has 0 fully saturated rings. The Kier molecular flexibility index (Phi) is 4.11. The van der Waals surface area contributed by atoms with E-state index >= 15 is 0 Å². The molecule has 2 N–H and O–H groups in total. The molecule has 0 spiro atoms. The van der Waals surface area contributed by atoms with Gasteiger partial charge in [0.05, 0.1) is 6.61 Å². The number of para-hydroxylation sites is 1. The second kappa shape index (κ2) is 6.19. The highest BCUT2D eigenvalue weighted by Gasteiger charge is 2.22. The van der Waals surface area contributed by atoms with E-state index in [1.54, 1.807) is 12.1 Å². The molecule has 0 aromatic heterocycles. The van der Waals surface area contributed by atoms with Crippen molar-refractivity contribution < 1.29 is 9.84 Å². The molecule has 2 aromatic rings. The molecule has 0 saturated heterocycles. The maximum absolute atomic E-state index is 9.33. The van der Waals surface area contributed by atoms with Crippen LogP contribution in [-0.4, -0.2) is 17.8 Å². The van der Waals surface area contributed by atoms with Crippen molar-refractivity contribution in [2.45, 2.75) is 31.8 Å². The molecule has 2 atom stereocenters. The van der Waals surface area contributed by atoms with Crippen molar-refractivity contribution in [3.05, 3.63) is 59.7 Å². The highest BCUT2D eigenvalue weighted by Crippen LogP contribution is 2.31. The lowest BCUT2D eigenvalue weighted by atomic mass is 9.98. The average Bonchev–Trinajstić information content (AvgIpc) is 2.50. The molecule has 3 heteroatoms. The summed E-state index contributed by atoms with van der Waals surface area (Å²) in [4.78, 5) is 0. The van der Waals surface area contributed by atoms with Gasteiger partial charge in [-0.1, -0.05) is 30.3 Å². The van der Waals surface area contributed by atoms with Crippen LogP contribution in [0.25, 0.3) is 0 Å². The minimum Gasteiger partial charge on any atom is -0.508 e. The quantitative estimate of drug-likeness (QED) is 0.903. The number of rotatable bonds is 4. The third-order valence-corrected chi connectivity index (χ3v) is 3.92. The fourth-order valence-corrected chi connectivity index (χ4v) is 2.90. The minimum absolute atomic E-state index is 0.317. The molecule has 0 saturated carbocycles. The van der Waals surface area contributed by atoms with Crippen LogP contribution in [0.2, 0.25) is 0 Å². The first-order chi connectivity index (χ1) is 10.2. The molecule has 21 heavy (non-hydrogen) atoms. The van der Waals surface area contributed by atoms with Crippen LogP contribution >= 0.6 is 0 Å². The number of ether oxygens (including phenoxy) is 1. The van der Waals surface area contributed by atoms with Crippen molar-refractivity contribution in [2.75, 3.05) is 6.61 Å². The lowest BCUT2D eigenvalue weighted by Gasteiger charge is -2.29. The summed E-state index contributed by atoms with van der Waals surface area (Å²) >= 11 is 0. The number of phenolic OH excluding ortho intramolecular Hbond substituents is 1. The van der Waals surface area contributed by atoms with Crippen LogP contribution in [0.4, 0.5) is 0 Å². The van der Waals surface area contributed by atoms with Gasteiger partial charge in [0, 0.05) is 24.1 Å². The van der Waals surface area contributed by atoms with Crippen LogP contribution in [0.5, 0.6) is 11.5 Å². The number of aromatic hydroxyl groups is 1. The zero-order valence-corrected chi connectivity index (χ0v) is 12.3. The molecule has 0 amide bonds. The molecule has 2 aromatic carbocycles. The monoisotopic (exact) mass is 283 g/mol. The first-order valence-corrected chi connectivity index (χ1v) is 7.48. The largest absolute Gasteiger partial charge is 0.508 e. The van der Waals surface area contributed by atoms with Crippen LogP contribution < -0.4 is 10.1 Å². The number of hydrogen-bond acceptors (Lipinski definition) is 3. The van der Waals surface area contributed by atoms with E-state index in [0.29, 0.717) is 17.8 Å². The van der Waals surface area contributed by atoms with E-state index in [0.717, 1.165) is 25.2 Å². The maximum Gasteiger partial charge on any atom is 0.124 e. The molecular formula is C18H21NO2. The molecule has 0 radical (unpaired) electrons. The zero-order chi connectivity index (χ0) is 14.7. The van der Waals surface area contributed by atoms with Crippen molar-refractivity contribution in [2.24, 2.45) is 0 Å². The van der Waals surface area contributed by atoms with Gasteiger partial charge in [0.15, 0.2) is 0 Å². The van der Waals surface area contributed by atoms with Crippen molar-refractivity contribution >= 4 is 0 Å². The molecule has 0 bridgehead atoms. The van der Waals surface area contributed by atoms with Crippen LogP contribution in [-0.2, 0) is 6.42 Å². The predicted molar refractivity (Wildman–Crippen MR) is 83.7 cm³/mol. The predicted octanol–water partition coefficient (Wildman–Crippen LogP) is 3.44. The number of nitrogens with one attached hydrogen (secondary N) is 1. The number of phenols is 1. The molecule has 1 aliphatic rings. The fourth-order valence-electron chi connectivity index (χ4n) is 2.90. The van der Waals surface area contributed by atoms with Crippen LogP contribution in [0.15, 0.2) is 48.5 Å². The molecule has 3 nitrogen and oxygen atoms in total. The number of fused-ring (bicyclic) bond motifs is 1. The van der Waals surface area contributed by atoms with Gasteiger partial charge in [-0.2, -0.15) is 0 Å². The van der Waals surface area contributed by atoms with Crippen molar-refractivity contribution in [3.8, 4) is 11.5 Å². The Balaban J connectivity index is 1.65. The van der Waals surface area contributed by atoms with Gasteiger partial charge in [-0.3, -0.25) is 0 Å². The Morgan fingerprint density at radius 3 is 2.76 bits per heavy atom. The first-order valence-electron chi connectivity index (χ1n) is 7.48. The topological polar surface area (TPSA) is 41.5 Å². The molecule has 110 valence electrons. The first kappa shape index (κ1) is 14.0. The van der Waals surface area contributed by atoms with Gasteiger partial charge >= 0.3 is 0 Å². The van der Waals surface area contributed by atoms with Crippen molar-refractivity contribution in [1.82, 2.24) is 5.32 Å². The van der Waals surface area contributed by atoms with E-state index in [2.05, 4.69) is 24.4 Å². The lowest BCUT2D eigenvalue weighted by Crippen LogP contribution is -2.35. The highest BCUT2D eigenvalue weighted by atomic mass is 16.5. The Hall–Kier alpha value is -2.00. The molecule has 0 aliphatic carbocycles. The number of hydrogen-bond donors (Lipinski definition) is 2. The van der Waals surface area contributed by atoms with Gasteiger partial charge in [-0.25, -0.2) is 0 Å². The van der Waals surface area contributed by atoms with E-state index in [1.807, 2.05) is 24.3 Å². The standard InChI is InChI=1S/C18H21NO2/c1-13(12-14-6-8-15(20)9-7-14)19-17-10-11-21-18-5-3-2-4-16(17)18/h2-9,13,17,19-20H,10-12H2,1H3. The summed E-state index contributed by atoms with van der Waals surface area (Å²) in [6.45, 7) is 2.96. The smallest absolute Gasteiger partial charge is 0.124 e. The second-order valence-corrected chi connectivity index (χ2v) is 5.67. The summed E-state index contributed by atoms with van der Waals surface area (Å²) in [5, 5.41) is 13.0. The Morgan fingerprint density at radius 1 is 1.19 bits per heavy atom. The van der Waals surface area contributed by atoms with E-state index in [1.165, 1.54) is 11.1 Å². The van der Waals surface area contributed by atoms with Crippen molar-refractivity contribution in [1.29, 1.82) is 0 Å².